The predicted molar refractivity (Wildman–Crippen MR) is 115 cm³/mol. The van der Waals surface area contributed by atoms with Crippen molar-refractivity contribution in [2.45, 2.75) is 25.4 Å². The van der Waals surface area contributed by atoms with Gasteiger partial charge in [0.15, 0.2) is 0 Å². The Hall–Kier alpha value is -4.64. The third kappa shape index (κ3) is 6.68. The number of nitrogens with two attached hydrogens (primary N) is 1. The number of carboxylic acids is 1. The number of aliphatic carboxylic acids is 1. The molecular formula is C23H18F3N5O3. The Morgan fingerprint density at radius 3 is 2.29 bits per heavy atom. The summed E-state index contributed by atoms with van der Waals surface area (Å²) in [5.74, 6) is -2.62. The van der Waals surface area contributed by atoms with Crippen LogP contribution in [0.4, 0.5) is 19.0 Å². The molecule has 0 aliphatic rings. The van der Waals surface area contributed by atoms with Gasteiger partial charge < -0.3 is 15.9 Å². The number of rotatable bonds is 5. The van der Waals surface area contributed by atoms with Crippen LogP contribution in [0.1, 0.15) is 28.8 Å². The maximum atomic E-state index is 10.6. The van der Waals surface area contributed by atoms with E-state index in [1.54, 1.807) is 18.3 Å². The van der Waals surface area contributed by atoms with Gasteiger partial charge in [0.1, 0.15) is 29.3 Å². The molecule has 2 heterocycles. The van der Waals surface area contributed by atoms with E-state index in [1.807, 2.05) is 24.4 Å². The number of hydrogen-bond acceptors (Lipinski definition) is 7. The molecule has 0 aliphatic carbocycles. The highest BCUT2D eigenvalue weighted by atomic mass is 19.4. The Kier molecular flexibility index (Phi) is 8.51. The largest absolute Gasteiger partial charge is 0.508 e. The lowest BCUT2D eigenvalue weighted by atomic mass is 9.93. The van der Waals surface area contributed by atoms with Crippen molar-refractivity contribution < 1.29 is 28.2 Å². The smallest absolute Gasteiger partial charge is 0.490 e. The van der Waals surface area contributed by atoms with E-state index in [1.165, 1.54) is 12.1 Å². The van der Waals surface area contributed by atoms with Crippen molar-refractivity contribution in [1.82, 2.24) is 9.97 Å². The van der Waals surface area contributed by atoms with E-state index in [9.17, 15) is 28.8 Å². The molecule has 0 spiro atoms. The third-order valence-electron chi connectivity index (χ3n) is 4.50. The molecule has 0 saturated heterocycles. The number of alkyl halides is 3. The molecule has 0 aliphatic heterocycles. The number of aromatic nitrogens is 2. The van der Waals surface area contributed by atoms with Crippen LogP contribution in [0.2, 0.25) is 0 Å². The van der Waals surface area contributed by atoms with Gasteiger partial charge in [0.05, 0.1) is 11.3 Å². The van der Waals surface area contributed by atoms with Crippen LogP contribution in [0.15, 0.2) is 48.8 Å². The number of pyridine rings is 2. The topological polar surface area (TPSA) is 157 Å². The first kappa shape index (κ1) is 25.6. The normalized spacial score (nSPS) is 10.4. The summed E-state index contributed by atoms with van der Waals surface area (Å²) in [6.45, 7) is 0. The Balaban J connectivity index is 0.000000509. The minimum Gasteiger partial charge on any atom is -0.508 e. The summed E-state index contributed by atoms with van der Waals surface area (Å²) >= 11 is 0. The predicted octanol–water partition coefficient (Wildman–Crippen LogP) is 3.98. The van der Waals surface area contributed by atoms with E-state index in [4.69, 9.17) is 15.6 Å². The number of carbonyl (C=O) groups is 1. The van der Waals surface area contributed by atoms with Crippen LogP contribution in [0, 0.1) is 22.7 Å². The Bertz CT molecular complexity index is 1250. The highest BCUT2D eigenvalue weighted by Gasteiger charge is 2.38. The number of phenolic OH excluding ortho intramolecular Hbond substituents is 1. The summed E-state index contributed by atoms with van der Waals surface area (Å²) in [6, 6.07) is 14.5. The maximum absolute atomic E-state index is 10.6. The van der Waals surface area contributed by atoms with E-state index in [0.29, 0.717) is 28.8 Å². The minimum absolute atomic E-state index is 0.0498. The van der Waals surface area contributed by atoms with Gasteiger partial charge in [-0.15, -0.1) is 0 Å². The second-order valence-corrected chi connectivity index (χ2v) is 6.86. The van der Waals surface area contributed by atoms with Crippen LogP contribution >= 0.6 is 0 Å². The Labute approximate surface area is 192 Å². The Morgan fingerprint density at radius 1 is 1.09 bits per heavy atom. The summed E-state index contributed by atoms with van der Waals surface area (Å²) in [7, 11) is 0. The van der Waals surface area contributed by atoms with Gasteiger partial charge in [0.2, 0.25) is 0 Å². The van der Waals surface area contributed by atoms with Gasteiger partial charge in [-0.3, -0.25) is 4.98 Å². The van der Waals surface area contributed by atoms with Crippen molar-refractivity contribution in [2.75, 3.05) is 5.73 Å². The number of hydrogen-bond donors (Lipinski definition) is 3. The molecule has 3 aromatic rings. The summed E-state index contributed by atoms with van der Waals surface area (Å²) < 4.78 is 31.7. The molecule has 4 N–H and O–H groups in total. The van der Waals surface area contributed by atoms with Crippen molar-refractivity contribution in [1.29, 1.82) is 10.5 Å². The lowest BCUT2D eigenvalue weighted by molar-refractivity contribution is -0.192. The van der Waals surface area contributed by atoms with Gasteiger partial charge in [-0.25, -0.2) is 9.78 Å². The summed E-state index contributed by atoms with van der Waals surface area (Å²) in [6.07, 6.45) is 0.547. The zero-order chi connectivity index (χ0) is 25.3. The molecule has 174 valence electrons. The number of aromatic hydroxyl groups is 1. The molecule has 2 aromatic heterocycles. The number of nitrogen functional groups attached to an aromatic ring is 1. The molecule has 0 atom stereocenters. The number of anilines is 1. The van der Waals surface area contributed by atoms with E-state index in [-0.39, 0.29) is 17.1 Å². The minimum atomic E-state index is -5.08. The second-order valence-electron chi connectivity index (χ2n) is 6.86. The number of nitriles is 2. The van der Waals surface area contributed by atoms with Crippen LogP contribution in [0.25, 0.3) is 11.1 Å². The van der Waals surface area contributed by atoms with Crippen LogP contribution in [0.3, 0.4) is 0 Å². The average molecular weight is 469 g/mol. The molecule has 0 unspecified atom stereocenters. The number of halogens is 3. The van der Waals surface area contributed by atoms with Crippen LogP contribution in [-0.2, 0) is 17.6 Å². The van der Waals surface area contributed by atoms with E-state index in [0.717, 1.165) is 18.4 Å². The number of benzene rings is 1. The summed E-state index contributed by atoms with van der Waals surface area (Å²) in [5.41, 5.74) is 9.09. The molecule has 8 nitrogen and oxygen atoms in total. The van der Waals surface area contributed by atoms with E-state index < -0.39 is 12.1 Å². The van der Waals surface area contributed by atoms with Gasteiger partial charge in [-0.1, -0.05) is 18.2 Å². The Morgan fingerprint density at radius 2 is 1.76 bits per heavy atom. The van der Waals surface area contributed by atoms with Gasteiger partial charge in [-0.2, -0.15) is 23.7 Å². The second kappa shape index (κ2) is 11.3. The molecule has 34 heavy (non-hydrogen) atoms. The monoisotopic (exact) mass is 469 g/mol. The van der Waals surface area contributed by atoms with Crippen LogP contribution in [0.5, 0.6) is 5.75 Å². The zero-order valence-electron chi connectivity index (χ0n) is 17.5. The van der Waals surface area contributed by atoms with Crippen molar-refractivity contribution in [3.05, 3.63) is 71.2 Å². The van der Waals surface area contributed by atoms with E-state index in [2.05, 4.69) is 16.0 Å². The fraction of sp³-hybridized carbons (Fsp3) is 0.174. The zero-order valence-corrected chi connectivity index (χ0v) is 17.5. The molecule has 11 heteroatoms. The highest BCUT2D eigenvalue weighted by molar-refractivity contribution is 5.81. The highest BCUT2D eigenvalue weighted by Crippen LogP contribution is 2.33. The molecular weight excluding hydrogens is 451 g/mol. The van der Waals surface area contributed by atoms with E-state index >= 15 is 0 Å². The molecule has 0 amide bonds. The maximum Gasteiger partial charge on any atom is 0.490 e. The number of nitrogens with zero attached hydrogens (tertiary/aromatic N) is 4. The first-order chi connectivity index (χ1) is 16.1. The lowest BCUT2D eigenvalue weighted by Gasteiger charge is -2.13. The van der Waals surface area contributed by atoms with Crippen LogP contribution in [-0.4, -0.2) is 32.3 Å². The number of carboxylic acid groups (broad SMARTS) is 1. The number of aryl methyl sites for hydroxylation is 2. The molecule has 0 bridgehead atoms. The molecule has 0 fully saturated rings. The average Bonchev–Trinajstić information content (AvgIpc) is 2.79. The molecule has 0 saturated carbocycles. The van der Waals surface area contributed by atoms with Crippen LogP contribution < -0.4 is 5.73 Å². The SMILES string of the molecule is N#Cc1c(N)nc(CCCc2cccnc2)c(C#N)c1-c1cccc(O)c1.O=C(O)C(F)(F)F. The molecule has 0 radical (unpaired) electrons. The standard InChI is InChI=1S/C21H17N5O.C2HF3O2/c22-11-17-19(8-1-4-14-5-3-9-25-13-14)26-21(24)18(12-23)20(17)15-6-2-7-16(27)10-15;3-2(4,5)1(6)7/h2-3,5-7,9-10,13,27H,1,4,8H2,(H2,24,26);(H,6,7). The lowest BCUT2D eigenvalue weighted by Crippen LogP contribution is -2.21. The van der Waals surface area contributed by atoms with Gasteiger partial charge in [-0.05, 0) is 48.6 Å². The summed E-state index contributed by atoms with van der Waals surface area (Å²) in [4.78, 5) is 17.3. The molecule has 3 rings (SSSR count). The van der Waals surface area contributed by atoms with Crippen molar-refractivity contribution >= 4 is 11.8 Å². The quantitative estimate of drug-likeness (QED) is 0.506. The third-order valence-corrected chi connectivity index (χ3v) is 4.50. The fourth-order valence-electron chi connectivity index (χ4n) is 3.03. The fourth-order valence-corrected chi connectivity index (χ4v) is 3.03. The first-order valence-corrected chi connectivity index (χ1v) is 9.69. The van der Waals surface area contributed by atoms with Gasteiger partial charge in [0.25, 0.3) is 0 Å². The molecule has 1 aromatic carbocycles. The van der Waals surface area contributed by atoms with Gasteiger partial charge in [0, 0.05) is 18.0 Å². The van der Waals surface area contributed by atoms with Crippen molar-refractivity contribution in [3.63, 3.8) is 0 Å². The number of phenols is 1. The van der Waals surface area contributed by atoms with Crippen molar-refractivity contribution in [3.8, 4) is 29.0 Å². The van der Waals surface area contributed by atoms with Crippen molar-refractivity contribution in [2.24, 2.45) is 0 Å². The first-order valence-electron chi connectivity index (χ1n) is 9.69. The summed E-state index contributed by atoms with van der Waals surface area (Å²) in [5, 5.41) is 36.2. The van der Waals surface area contributed by atoms with Gasteiger partial charge >= 0.3 is 12.1 Å².